The smallest absolute Gasteiger partial charge is 0.262 e. The number of hydrogen-bond donors (Lipinski definition) is 1. The molecular weight excluding hydrogens is 462 g/mol. The molecule has 2 aliphatic rings. The van der Waals surface area contributed by atoms with Gasteiger partial charge >= 0.3 is 0 Å². The number of thioether (sulfide) groups is 1. The molecule has 0 spiro atoms. The second-order valence-corrected chi connectivity index (χ2v) is 9.75. The summed E-state index contributed by atoms with van der Waals surface area (Å²) in [6.45, 7) is 1.25. The molecule has 1 aliphatic carbocycles. The van der Waals surface area contributed by atoms with Crippen LogP contribution in [0.3, 0.4) is 0 Å². The summed E-state index contributed by atoms with van der Waals surface area (Å²) >= 11 is 1.30. The van der Waals surface area contributed by atoms with Crippen molar-refractivity contribution < 1.29 is 14.3 Å². The Morgan fingerprint density at radius 2 is 1.91 bits per heavy atom. The first kappa shape index (κ1) is 23.5. The number of carbonyl (C=O) groups excluding carboxylic acids is 1. The Morgan fingerprint density at radius 3 is 2.71 bits per heavy atom. The van der Waals surface area contributed by atoms with Crippen LogP contribution in [0.4, 0.5) is 0 Å². The van der Waals surface area contributed by atoms with E-state index in [1.165, 1.54) is 35.7 Å². The fourth-order valence-electron chi connectivity index (χ4n) is 4.46. The van der Waals surface area contributed by atoms with E-state index in [4.69, 9.17) is 14.5 Å². The van der Waals surface area contributed by atoms with Gasteiger partial charge in [-0.3, -0.25) is 14.2 Å². The van der Waals surface area contributed by atoms with Crippen molar-refractivity contribution in [1.29, 1.82) is 0 Å². The zero-order valence-corrected chi connectivity index (χ0v) is 20.4. The largest absolute Gasteiger partial charge is 0.454 e. The summed E-state index contributed by atoms with van der Waals surface area (Å²) in [5.41, 5.74) is 3.01. The number of carbonyl (C=O) groups is 1. The monoisotopic (exact) mass is 491 g/mol. The van der Waals surface area contributed by atoms with Gasteiger partial charge in [0, 0.05) is 19.2 Å². The summed E-state index contributed by atoms with van der Waals surface area (Å²) < 4.78 is 12.7. The Balaban J connectivity index is 1.32. The van der Waals surface area contributed by atoms with Crippen molar-refractivity contribution in [2.24, 2.45) is 0 Å². The molecule has 1 N–H and O–H groups in total. The highest BCUT2D eigenvalue weighted by atomic mass is 32.2. The average molecular weight is 492 g/mol. The van der Waals surface area contributed by atoms with E-state index in [1.807, 2.05) is 30.3 Å². The predicted octanol–water partition coefficient (Wildman–Crippen LogP) is 4.47. The van der Waals surface area contributed by atoms with Gasteiger partial charge < -0.3 is 14.8 Å². The quantitative estimate of drug-likeness (QED) is 0.270. The maximum Gasteiger partial charge on any atom is 0.262 e. The maximum atomic E-state index is 13.5. The molecule has 3 aromatic rings. The molecule has 0 atom stereocenters. The van der Waals surface area contributed by atoms with Gasteiger partial charge in [-0.15, -0.1) is 0 Å². The molecule has 1 amide bonds. The SMILES string of the molecule is O=C(CSc1nc2cc3c(cc2c(=O)n1CCC1=CCCCC1)OCO3)NCCc1ccccc1. The van der Waals surface area contributed by atoms with Crippen LogP contribution in [-0.4, -0.2) is 34.5 Å². The van der Waals surface area contributed by atoms with E-state index >= 15 is 0 Å². The molecule has 2 aromatic carbocycles. The van der Waals surface area contributed by atoms with E-state index in [0.29, 0.717) is 40.6 Å². The summed E-state index contributed by atoms with van der Waals surface area (Å²) in [7, 11) is 0. The van der Waals surface area contributed by atoms with Crippen molar-refractivity contribution in [2.75, 3.05) is 19.1 Å². The minimum absolute atomic E-state index is 0.0764. The number of benzene rings is 2. The van der Waals surface area contributed by atoms with E-state index < -0.39 is 0 Å². The van der Waals surface area contributed by atoms with Crippen LogP contribution < -0.4 is 20.3 Å². The molecule has 182 valence electrons. The van der Waals surface area contributed by atoms with Gasteiger partial charge in [-0.2, -0.15) is 0 Å². The first-order valence-corrected chi connectivity index (χ1v) is 13.1. The van der Waals surface area contributed by atoms with Crippen LogP contribution in [0.2, 0.25) is 0 Å². The molecule has 0 bridgehead atoms. The molecule has 1 aliphatic heterocycles. The summed E-state index contributed by atoms with van der Waals surface area (Å²) in [6, 6.07) is 13.5. The lowest BCUT2D eigenvalue weighted by atomic mass is 9.97. The first-order chi connectivity index (χ1) is 17.2. The predicted molar refractivity (Wildman–Crippen MR) is 137 cm³/mol. The Kier molecular flexibility index (Phi) is 7.37. The second kappa shape index (κ2) is 11.0. The molecule has 8 heteroatoms. The van der Waals surface area contributed by atoms with Crippen molar-refractivity contribution in [2.45, 2.75) is 50.2 Å². The molecule has 0 unspecified atom stereocenters. The van der Waals surface area contributed by atoms with E-state index in [-0.39, 0.29) is 24.0 Å². The van der Waals surface area contributed by atoms with Crippen LogP contribution in [0.5, 0.6) is 11.5 Å². The molecule has 0 saturated carbocycles. The minimum Gasteiger partial charge on any atom is -0.454 e. The van der Waals surface area contributed by atoms with Gasteiger partial charge in [0.15, 0.2) is 16.7 Å². The minimum atomic E-state index is -0.114. The van der Waals surface area contributed by atoms with E-state index in [0.717, 1.165) is 25.7 Å². The number of fused-ring (bicyclic) bond motifs is 2. The first-order valence-electron chi connectivity index (χ1n) is 12.1. The summed E-state index contributed by atoms with van der Waals surface area (Å²) in [5.74, 6) is 1.27. The lowest BCUT2D eigenvalue weighted by Crippen LogP contribution is -2.28. The highest BCUT2D eigenvalue weighted by Crippen LogP contribution is 2.35. The second-order valence-electron chi connectivity index (χ2n) is 8.81. The van der Waals surface area contributed by atoms with Crippen molar-refractivity contribution in [3.8, 4) is 11.5 Å². The van der Waals surface area contributed by atoms with Crippen LogP contribution in [0, 0.1) is 0 Å². The van der Waals surface area contributed by atoms with Gasteiger partial charge in [-0.1, -0.05) is 53.7 Å². The van der Waals surface area contributed by atoms with E-state index in [2.05, 4.69) is 11.4 Å². The standard InChI is InChI=1S/C27H29N3O4S/c31-25(28-13-11-19-7-3-1-4-8-19)17-35-27-29-22-16-24-23(33-18-34-24)15-21(22)26(32)30(27)14-12-20-9-5-2-6-10-20/h1,3-4,7-9,15-16H,2,5-6,10-14,17-18H2,(H,28,31). The molecular formula is C27H29N3O4S. The fourth-order valence-corrected chi connectivity index (χ4v) is 5.31. The van der Waals surface area contributed by atoms with Crippen molar-refractivity contribution in [3.63, 3.8) is 0 Å². The Labute approximate surface area is 208 Å². The third kappa shape index (κ3) is 5.70. The summed E-state index contributed by atoms with van der Waals surface area (Å²) in [4.78, 5) is 30.8. The molecule has 5 rings (SSSR count). The van der Waals surface area contributed by atoms with Crippen molar-refractivity contribution in [3.05, 3.63) is 70.0 Å². The Bertz CT molecular complexity index is 1300. The summed E-state index contributed by atoms with van der Waals surface area (Å²) in [5, 5.41) is 4.02. The number of aromatic nitrogens is 2. The highest BCUT2D eigenvalue weighted by Gasteiger charge is 2.20. The molecule has 0 fully saturated rings. The van der Waals surface area contributed by atoms with Gasteiger partial charge in [-0.25, -0.2) is 4.98 Å². The third-order valence-electron chi connectivity index (χ3n) is 6.37. The number of nitrogens with zero attached hydrogens (tertiary/aromatic N) is 2. The molecule has 2 heterocycles. The van der Waals surface area contributed by atoms with Crippen molar-refractivity contribution >= 4 is 28.6 Å². The number of allylic oxidation sites excluding steroid dienone is 2. The number of rotatable bonds is 9. The maximum absolute atomic E-state index is 13.5. The van der Waals surface area contributed by atoms with Gasteiger partial charge in [0.05, 0.1) is 16.7 Å². The van der Waals surface area contributed by atoms with Crippen LogP contribution in [-0.2, 0) is 17.8 Å². The van der Waals surface area contributed by atoms with E-state index in [9.17, 15) is 9.59 Å². The molecule has 7 nitrogen and oxygen atoms in total. The summed E-state index contributed by atoms with van der Waals surface area (Å²) in [6.07, 6.45) is 8.51. The number of hydrogen-bond acceptors (Lipinski definition) is 6. The van der Waals surface area contributed by atoms with Crippen molar-refractivity contribution in [1.82, 2.24) is 14.9 Å². The van der Waals surface area contributed by atoms with Crippen LogP contribution in [0.15, 0.2) is 64.1 Å². The van der Waals surface area contributed by atoms with Gasteiger partial charge in [-0.05, 0) is 50.2 Å². The highest BCUT2D eigenvalue weighted by molar-refractivity contribution is 7.99. The van der Waals surface area contributed by atoms with Crippen LogP contribution in [0.1, 0.15) is 37.7 Å². The lowest BCUT2D eigenvalue weighted by Gasteiger charge is -2.16. The fraction of sp³-hybridized carbons (Fsp3) is 0.370. The topological polar surface area (TPSA) is 82.5 Å². The Hall–Kier alpha value is -3.26. The van der Waals surface area contributed by atoms with Crippen LogP contribution in [0.25, 0.3) is 10.9 Å². The molecule has 35 heavy (non-hydrogen) atoms. The third-order valence-corrected chi connectivity index (χ3v) is 7.34. The van der Waals surface area contributed by atoms with Gasteiger partial charge in [0.1, 0.15) is 0 Å². The molecule has 0 radical (unpaired) electrons. The zero-order chi connectivity index (χ0) is 24.0. The average Bonchev–Trinajstić information content (AvgIpc) is 3.35. The number of amides is 1. The Morgan fingerprint density at radius 1 is 1.09 bits per heavy atom. The number of ether oxygens (including phenoxy) is 2. The van der Waals surface area contributed by atoms with E-state index in [1.54, 1.807) is 16.7 Å². The van der Waals surface area contributed by atoms with Crippen LogP contribution >= 0.6 is 11.8 Å². The molecule has 0 saturated heterocycles. The molecule has 1 aromatic heterocycles. The van der Waals surface area contributed by atoms with Gasteiger partial charge in [0.25, 0.3) is 5.56 Å². The number of nitrogens with one attached hydrogen (secondary N) is 1. The zero-order valence-electron chi connectivity index (χ0n) is 19.6. The normalized spacial score (nSPS) is 14.7. The van der Waals surface area contributed by atoms with Gasteiger partial charge in [0.2, 0.25) is 12.7 Å². The lowest BCUT2D eigenvalue weighted by molar-refractivity contribution is -0.118.